The first-order valence-corrected chi connectivity index (χ1v) is 14.2. The number of thioether (sulfide) groups is 1. The number of anilines is 3. The minimum absolute atomic E-state index is 0.130. The van der Waals surface area contributed by atoms with Crippen LogP contribution in [0.2, 0.25) is 0 Å². The third kappa shape index (κ3) is 7.90. The Morgan fingerprint density at radius 1 is 0.929 bits per heavy atom. The molecule has 1 saturated heterocycles. The number of amidine groups is 1. The SMILES string of the molecule is CC(Cc1ccc(NC(=O)Nc2ccc(C(F)(F)F)cc2)cc1)NC(=O)N=C1SCC(=O)N1c1ccccc1C(C)C. The molecule has 1 heterocycles. The highest BCUT2D eigenvalue weighted by molar-refractivity contribution is 8.15. The second-order valence-electron chi connectivity index (χ2n) is 10.0. The number of carbonyl (C=O) groups is 3. The summed E-state index contributed by atoms with van der Waals surface area (Å²) in [6, 6.07) is 17.2. The van der Waals surface area contributed by atoms with Crippen LogP contribution in [0, 0.1) is 0 Å². The first-order chi connectivity index (χ1) is 19.9. The van der Waals surface area contributed by atoms with Crippen LogP contribution < -0.4 is 20.9 Å². The van der Waals surface area contributed by atoms with Crippen LogP contribution in [0.4, 0.5) is 39.8 Å². The molecule has 1 unspecified atom stereocenters. The predicted octanol–water partition coefficient (Wildman–Crippen LogP) is 7.25. The monoisotopic (exact) mass is 597 g/mol. The van der Waals surface area contributed by atoms with E-state index in [4.69, 9.17) is 0 Å². The maximum absolute atomic E-state index is 12.7. The van der Waals surface area contributed by atoms with E-state index in [2.05, 4.69) is 20.9 Å². The van der Waals surface area contributed by atoms with Crippen LogP contribution in [0.1, 0.15) is 43.4 Å². The molecule has 0 bridgehead atoms. The largest absolute Gasteiger partial charge is 0.416 e. The summed E-state index contributed by atoms with van der Waals surface area (Å²) >= 11 is 1.22. The number of halogens is 3. The number of rotatable bonds is 7. The molecule has 3 aromatic rings. The summed E-state index contributed by atoms with van der Waals surface area (Å²) in [4.78, 5) is 43.3. The lowest BCUT2D eigenvalue weighted by molar-refractivity contribution is -0.137. The predicted molar refractivity (Wildman–Crippen MR) is 160 cm³/mol. The van der Waals surface area contributed by atoms with E-state index >= 15 is 0 Å². The van der Waals surface area contributed by atoms with Gasteiger partial charge in [-0.15, -0.1) is 0 Å². The van der Waals surface area contributed by atoms with E-state index in [0.29, 0.717) is 17.3 Å². The minimum Gasteiger partial charge on any atom is -0.333 e. The Bertz CT molecular complexity index is 1470. The fourth-order valence-corrected chi connectivity index (χ4v) is 5.21. The van der Waals surface area contributed by atoms with Crippen LogP contribution in [-0.2, 0) is 17.4 Å². The van der Waals surface area contributed by atoms with Crippen LogP contribution in [0.15, 0.2) is 77.8 Å². The lowest BCUT2D eigenvalue weighted by Gasteiger charge is -2.21. The van der Waals surface area contributed by atoms with Crippen LogP contribution in [0.5, 0.6) is 0 Å². The van der Waals surface area contributed by atoms with E-state index in [1.54, 1.807) is 24.3 Å². The van der Waals surface area contributed by atoms with Crippen molar-refractivity contribution < 1.29 is 27.6 Å². The van der Waals surface area contributed by atoms with Crippen molar-refractivity contribution in [2.45, 2.75) is 45.3 Å². The maximum atomic E-state index is 12.7. The molecule has 42 heavy (non-hydrogen) atoms. The van der Waals surface area contributed by atoms with Crippen molar-refractivity contribution in [3.63, 3.8) is 0 Å². The standard InChI is InChI=1S/C30H30F3N5O3S/c1-18(2)24-6-4-5-7-25(24)38-26(39)17-42-29(38)37-27(40)34-19(3)16-20-8-12-22(13-9-20)35-28(41)36-23-14-10-21(11-15-23)30(31,32)33/h4-15,18-19H,16-17H2,1-3H3,(H,34,40)(H2,35,36,41). The Hall–Kier alpha value is -4.32. The zero-order chi connectivity index (χ0) is 30.4. The van der Waals surface area contributed by atoms with Gasteiger partial charge in [0.05, 0.1) is 17.0 Å². The van der Waals surface area contributed by atoms with Crippen molar-refractivity contribution in [1.82, 2.24) is 5.32 Å². The average molecular weight is 598 g/mol. The van der Waals surface area contributed by atoms with Crippen molar-refractivity contribution in [3.8, 4) is 0 Å². The van der Waals surface area contributed by atoms with Gasteiger partial charge in [0.2, 0.25) is 5.91 Å². The third-order valence-electron chi connectivity index (χ3n) is 6.36. The lowest BCUT2D eigenvalue weighted by Crippen LogP contribution is -2.35. The molecule has 220 valence electrons. The van der Waals surface area contributed by atoms with E-state index < -0.39 is 23.8 Å². The second-order valence-corrected chi connectivity index (χ2v) is 11.0. The fraction of sp³-hybridized carbons (Fsp3) is 0.267. The molecule has 4 rings (SSSR count). The zero-order valence-corrected chi connectivity index (χ0v) is 24.0. The van der Waals surface area contributed by atoms with Crippen LogP contribution in [0.25, 0.3) is 0 Å². The van der Waals surface area contributed by atoms with Crippen molar-refractivity contribution in [3.05, 3.63) is 89.5 Å². The number of aliphatic imine (C=N–C) groups is 1. The normalized spacial score (nSPS) is 15.2. The summed E-state index contributed by atoms with van der Waals surface area (Å²) in [7, 11) is 0. The number of alkyl halides is 3. The number of amides is 5. The van der Waals surface area contributed by atoms with E-state index in [1.807, 2.05) is 45.0 Å². The van der Waals surface area contributed by atoms with Gasteiger partial charge in [0, 0.05) is 17.4 Å². The Balaban J connectivity index is 1.31. The summed E-state index contributed by atoms with van der Waals surface area (Å²) in [6.07, 6.45) is -3.96. The average Bonchev–Trinajstić information content (AvgIpc) is 3.28. The van der Waals surface area contributed by atoms with Gasteiger partial charge in [-0.05, 0) is 72.9 Å². The molecule has 12 heteroatoms. The molecular weight excluding hydrogens is 567 g/mol. The van der Waals surface area contributed by atoms with Crippen molar-refractivity contribution >= 4 is 52.0 Å². The molecule has 0 aliphatic carbocycles. The Morgan fingerprint density at radius 3 is 2.12 bits per heavy atom. The van der Waals surface area contributed by atoms with Gasteiger partial charge in [-0.25, -0.2) is 9.59 Å². The van der Waals surface area contributed by atoms with Crippen molar-refractivity contribution in [2.24, 2.45) is 4.99 Å². The van der Waals surface area contributed by atoms with Crippen LogP contribution >= 0.6 is 11.8 Å². The number of nitrogens with zero attached hydrogens (tertiary/aromatic N) is 2. The summed E-state index contributed by atoms with van der Waals surface area (Å²) < 4.78 is 38.1. The van der Waals surface area contributed by atoms with Crippen LogP contribution in [0.3, 0.4) is 0 Å². The molecule has 1 atom stereocenters. The minimum atomic E-state index is -4.45. The van der Waals surface area contributed by atoms with Crippen molar-refractivity contribution in [2.75, 3.05) is 21.3 Å². The fourth-order valence-electron chi connectivity index (χ4n) is 4.36. The number of nitrogens with one attached hydrogen (secondary N) is 3. The van der Waals surface area contributed by atoms with Crippen molar-refractivity contribution in [1.29, 1.82) is 0 Å². The zero-order valence-electron chi connectivity index (χ0n) is 23.2. The maximum Gasteiger partial charge on any atom is 0.416 e. The molecule has 0 spiro atoms. The number of carbonyl (C=O) groups excluding carboxylic acids is 3. The molecule has 1 fully saturated rings. The number of urea groups is 2. The smallest absolute Gasteiger partial charge is 0.333 e. The van der Waals surface area contributed by atoms with E-state index in [0.717, 1.165) is 28.9 Å². The number of hydrogen-bond donors (Lipinski definition) is 3. The molecule has 3 aromatic carbocycles. The summed E-state index contributed by atoms with van der Waals surface area (Å²) in [5.41, 5.74) is 2.51. The molecule has 0 aromatic heterocycles. The molecular formula is C30H30F3N5O3S. The summed E-state index contributed by atoms with van der Waals surface area (Å²) in [6.45, 7) is 5.91. The Labute approximate surface area is 245 Å². The quantitative estimate of drug-likeness (QED) is 0.267. The van der Waals surface area contributed by atoms with E-state index in [1.165, 1.54) is 28.8 Å². The first-order valence-electron chi connectivity index (χ1n) is 13.2. The number of benzene rings is 3. The van der Waals surface area contributed by atoms with E-state index in [9.17, 15) is 27.6 Å². The van der Waals surface area contributed by atoms with Gasteiger partial charge in [-0.2, -0.15) is 18.2 Å². The van der Waals surface area contributed by atoms with Gasteiger partial charge in [-0.3, -0.25) is 9.69 Å². The molecule has 3 N–H and O–H groups in total. The van der Waals surface area contributed by atoms with E-state index in [-0.39, 0.29) is 29.3 Å². The second kappa shape index (κ2) is 13.1. The van der Waals surface area contributed by atoms with Gasteiger partial charge in [0.25, 0.3) is 0 Å². The molecule has 1 aliphatic rings. The Morgan fingerprint density at radius 2 is 1.52 bits per heavy atom. The topological polar surface area (TPSA) is 103 Å². The number of para-hydroxylation sites is 1. The Kier molecular flexibility index (Phi) is 9.56. The van der Waals surface area contributed by atoms with Crippen LogP contribution in [-0.4, -0.2) is 34.9 Å². The molecule has 5 amide bonds. The van der Waals surface area contributed by atoms with Gasteiger partial charge in [-0.1, -0.05) is 55.9 Å². The molecule has 0 saturated carbocycles. The van der Waals surface area contributed by atoms with Gasteiger partial charge < -0.3 is 16.0 Å². The van der Waals surface area contributed by atoms with Gasteiger partial charge >= 0.3 is 18.2 Å². The molecule has 8 nitrogen and oxygen atoms in total. The highest BCUT2D eigenvalue weighted by Crippen LogP contribution is 2.33. The molecule has 1 aliphatic heterocycles. The first kappa shape index (κ1) is 30.6. The number of hydrogen-bond acceptors (Lipinski definition) is 4. The van der Waals surface area contributed by atoms with Gasteiger partial charge in [0.1, 0.15) is 0 Å². The third-order valence-corrected chi connectivity index (χ3v) is 7.28. The summed E-state index contributed by atoms with van der Waals surface area (Å²) in [5, 5.41) is 8.29. The highest BCUT2D eigenvalue weighted by atomic mass is 32.2. The lowest BCUT2D eigenvalue weighted by atomic mass is 10.0. The highest BCUT2D eigenvalue weighted by Gasteiger charge is 2.32. The summed E-state index contributed by atoms with van der Waals surface area (Å²) in [5.74, 6) is 0.260. The molecule has 0 radical (unpaired) electrons. The van der Waals surface area contributed by atoms with Gasteiger partial charge in [0.15, 0.2) is 5.17 Å².